The molecule has 2 aromatic carbocycles. The Labute approximate surface area is 155 Å². The fourth-order valence-electron chi connectivity index (χ4n) is 2.21. The minimum absolute atomic E-state index is 0.111. The number of anilines is 2. The summed E-state index contributed by atoms with van der Waals surface area (Å²) >= 11 is 3.26. The zero-order valence-corrected chi connectivity index (χ0v) is 15.9. The predicted molar refractivity (Wildman–Crippen MR) is 106 cm³/mol. The number of aryl methyl sites for hydroxylation is 1. The molecule has 0 aliphatic heterocycles. The van der Waals surface area contributed by atoms with E-state index in [1.165, 1.54) is 0 Å². The van der Waals surface area contributed by atoms with Crippen LogP contribution in [0.25, 0.3) is 0 Å². The van der Waals surface area contributed by atoms with E-state index in [1.807, 2.05) is 79.8 Å². The third kappa shape index (κ3) is 4.61. The first-order valence-electron chi connectivity index (χ1n) is 7.80. The van der Waals surface area contributed by atoms with Crippen molar-refractivity contribution < 1.29 is 4.79 Å². The summed E-state index contributed by atoms with van der Waals surface area (Å²) in [5.41, 5.74) is 3.46. The van der Waals surface area contributed by atoms with E-state index in [9.17, 15) is 4.79 Å². The second-order valence-corrected chi connectivity index (χ2v) is 7.96. The normalized spacial score (nSPS) is 10.5. The first-order chi connectivity index (χ1) is 12.0. The van der Waals surface area contributed by atoms with E-state index in [2.05, 4.69) is 10.3 Å². The Morgan fingerprint density at radius 2 is 1.92 bits per heavy atom. The fourth-order valence-corrected chi connectivity index (χ4v) is 4.02. The molecule has 3 rings (SSSR count). The van der Waals surface area contributed by atoms with Gasteiger partial charge in [0.1, 0.15) is 0 Å². The molecule has 0 saturated heterocycles. The third-order valence-corrected chi connectivity index (χ3v) is 5.60. The van der Waals surface area contributed by atoms with Crippen LogP contribution in [0.4, 0.5) is 11.4 Å². The molecule has 1 heterocycles. The Bertz CT molecular complexity index is 872. The van der Waals surface area contributed by atoms with Crippen LogP contribution >= 0.6 is 23.1 Å². The minimum Gasteiger partial charge on any atom is -0.378 e. The maximum Gasteiger partial charge on any atom is 0.255 e. The number of carbonyl (C=O) groups is 1. The van der Waals surface area contributed by atoms with Gasteiger partial charge in [-0.25, -0.2) is 4.98 Å². The maximum atomic E-state index is 12.4. The SMILES string of the molecule is Cc1csc(Sc2ccc(NC(=O)c3cccc(N(C)C)c3)cc2)n1. The summed E-state index contributed by atoms with van der Waals surface area (Å²) in [4.78, 5) is 19.9. The van der Waals surface area contributed by atoms with Crippen LogP contribution in [-0.2, 0) is 0 Å². The van der Waals surface area contributed by atoms with E-state index in [4.69, 9.17) is 0 Å². The zero-order valence-electron chi connectivity index (χ0n) is 14.3. The van der Waals surface area contributed by atoms with Crippen molar-refractivity contribution in [1.82, 2.24) is 4.98 Å². The molecule has 4 nitrogen and oxygen atoms in total. The van der Waals surface area contributed by atoms with Gasteiger partial charge < -0.3 is 10.2 Å². The van der Waals surface area contributed by atoms with E-state index in [1.54, 1.807) is 23.1 Å². The molecule has 6 heteroatoms. The molecule has 3 aromatic rings. The monoisotopic (exact) mass is 369 g/mol. The van der Waals surface area contributed by atoms with Gasteiger partial charge in [0.15, 0.2) is 4.34 Å². The van der Waals surface area contributed by atoms with Gasteiger partial charge in [0.2, 0.25) is 0 Å². The van der Waals surface area contributed by atoms with E-state index in [0.717, 1.165) is 26.3 Å². The highest BCUT2D eigenvalue weighted by Crippen LogP contribution is 2.30. The molecular weight excluding hydrogens is 350 g/mol. The van der Waals surface area contributed by atoms with Crippen molar-refractivity contribution in [1.29, 1.82) is 0 Å². The number of aromatic nitrogens is 1. The second-order valence-electron chi connectivity index (χ2n) is 5.78. The highest BCUT2D eigenvalue weighted by atomic mass is 32.2. The van der Waals surface area contributed by atoms with Crippen molar-refractivity contribution in [2.75, 3.05) is 24.3 Å². The molecule has 0 radical (unpaired) electrons. The maximum absolute atomic E-state index is 12.4. The Morgan fingerprint density at radius 1 is 1.16 bits per heavy atom. The van der Waals surface area contributed by atoms with Crippen LogP contribution < -0.4 is 10.2 Å². The quantitative estimate of drug-likeness (QED) is 0.693. The number of nitrogens with one attached hydrogen (secondary N) is 1. The van der Waals surface area contributed by atoms with Gasteiger partial charge >= 0.3 is 0 Å². The molecule has 0 aliphatic carbocycles. The van der Waals surface area contributed by atoms with Gasteiger partial charge in [-0.05, 0) is 49.4 Å². The fraction of sp³-hybridized carbons (Fsp3) is 0.158. The molecule has 0 aliphatic rings. The van der Waals surface area contributed by atoms with Crippen LogP contribution in [0.5, 0.6) is 0 Å². The Morgan fingerprint density at radius 3 is 2.56 bits per heavy atom. The molecule has 0 saturated carbocycles. The van der Waals surface area contributed by atoms with Gasteiger partial charge in [-0.1, -0.05) is 17.8 Å². The van der Waals surface area contributed by atoms with Crippen LogP contribution in [0, 0.1) is 6.92 Å². The summed E-state index contributed by atoms with van der Waals surface area (Å²) in [6.45, 7) is 1.99. The van der Waals surface area contributed by atoms with Gasteiger partial charge in [-0.2, -0.15) is 0 Å². The lowest BCUT2D eigenvalue weighted by molar-refractivity contribution is 0.102. The first kappa shape index (κ1) is 17.5. The topological polar surface area (TPSA) is 45.2 Å². The second kappa shape index (κ2) is 7.72. The highest BCUT2D eigenvalue weighted by Gasteiger charge is 2.08. The van der Waals surface area contributed by atoms with Gasteiger partial charge in [-0.3, -0.25) is 4.79 Å². The number of rotatable bonds is 5. The molecule has 25 heavy (non-hydrogen) atoms. The van der Waals surface area contributed by atoms with E-state index >= 15 is 0 Å². The van der Waals surface area contributed by atoms with Gasteiger partial charge in [-0.15, -0.1) is 11.3 Å². The van der Waals surface area contributed by atoms with E-state index in [-0.39, 0.29) is 5.91 Å². The number of hydrogen-bond acceptors (Lipinski definition) is 5. The lowest BCUT2D eigenvalue weighted by atomic mass is 10.1. The lowest BCUT2D eigenvalue weighted by Crippen LogP contribution is -2.14. The van der Waals surface area contributed by atoms with Gasteiger partial charge in [0.25, 0.3) is 5.91 Å². The highest BCUT2D eigenvalue weighted by molar-refractivity contribution is 8.01. The smallest absolute Gasteiger partial charge is 0.255 e. The van der Waals surface area contributed by atoms with Crippen molar-refractivity contribution in [3.05, 3.63) is 65.2 Å². The van der Waals surface area contributed by atoms with Crippen molar-refractivity contribution in [2.45, 2.75) is 16.2 Å². The molecule has 0 atom stereocenters. The summed E-state index contributed by atoms with van der Waals surface area (Å²) in [7, 11) is 3.91. The Kier molecular flexibility index (Phi) is 5.40. The van der Waals surface area contributed by atoms with Gasteiger partial charge in [0.05, 0.1) is 0 Å². The largest absolute Gasteiger partial charge is 0.378 e. The van der Waals surface area contributed by atoms with Crippen LogP contribution in [-0.4, -0.2) is 25.0 Å². The van der Waals surface area contributed by atoms with Gasteiger partial charge in [0, 0.05) is 47.0 Å². The number of amides is 1. The summed E-state index contributed by atoms with van der Waals surface area (Å²) < 4.78 is 1.02. The summed E-state index contributed by atoms with van der Waals surface area (Å²) in [6, 6.07) is 15.4. The predicted octanol–water partition coefficient (Wildman–Crippen LogP) is 4.92. The van der Waals surface area contributed by atoms with Crippen LogP contribution in [0.1, 0.15) is 16.1 Å². The van der Waals surface area contributed by atoms with Crippen LogP contribution in [0.3, 0.4) is 0 Å². The standard InChI is InChI=1S/C19H19N3OS2/c1-13-12-24-19(20-13)25-17-9-7-15(8-10-17)21-18(23)14-5-4-6-16(11-14)22(2)3/h4-12H,1-3H3,(H,21,23). The average Bonchev–Trinajstić information content (AvgIpc) is 3.01. The number of thiazole rings is 1. The van der Waals surface area contributed by atoms with Crippen LogP contribution in [0.2, 0.25) is 0 Å². The number of hydrogen-bond donors (Lipinski definition) is 1. The zero-order chi connectivity index (χ0) is 17.8. The van der Waals surface area contributed by atoms with Crippen molar-refractivity contribution in [2.24, 2.45) is 0 Å². The third-order valence-electron chi connectivity index (χ3n) is 3.54. The number of benzene rings is 2. The molecule has 1 amide bonds. The lowest BCUT2D eigenvalue weighted by Gasteiger charge is -2.13. The van der Waals surface area contributed by atoms with E-state index in [0.29, 0.717) is 5.56 Å². The summed E-state index contributed by atoms with van der Waals surface area (Å²) in [5, 5.41) is 4.98. The molecule has 0 spiro atoms. The van der Waals surface area contributed by atoms with Crippen LogP contribution in [0.15, 0.2) is 63.1 Å². The van der Waals surface area contributed by atoms with E-state index < -0.39 is 0 Å². The Balaban J connectivity index is 1.66. The summed E-state index contributed by atoms with van der Waals surface area (Å²) in [6.07, 6.45) is 0. The first-order valence-corrected chi connectivity index (χ1v) is 9.50. The summed E-state index contributed by atoms with van der Waals surface area (Å²) in [5.74, 6) is -0.111. The molecule has 1 N–H and O–H groups in total. The van der Waals surface area contributed by atoms with Crippen molar-refractivity contribution in [3.63, 3.8) is 0 Å². The molecule has 0 bridgehead atoms. The molecule has 0 fully saturated rings. The van der Waals surface area contributed by atoms with Crippen molar-refractivity contribution >= 4 is 40.4 Å². The minimum atomic E-state index is -0.111. The number of carbonyl (C=O) groups excluding carboxylic acids is 1. The number of nitrogens with zero attached hydrogens (tertiary/aromatic N) is 2. The Hall–Kier alpha value is -2.31. The molecule has 0 unspecified atom stereocenters. The average molecular weight is 370 g/mol. The van der Waals surface area contributed by atoms with Crippen molar-refractivity contribution in [3.8, 4) is 0 Å². The molecule has 128 valence electrons. The molecule has 1 aromatic heterocycles. The molecular formula is C19H19N3OS2.